The Morgan fingerprint density at radius 3 is 3.11 bits per heavy atom. The Morgan fingerprint density at radius 1 is 1.67 bits per heavy atom. The van der Waals surface area contributed by atoms with Gasteiger partial charge in [0.05, 0.1) is 6.33 Å². The first-order chi connectivity index (χ1) is 4.43. The summed E-state index contributed by atoms with van der Waals surface area (Å²) in [6, 6.07) is 1.39. The molecule has 1 aromatic heterocycles. The van der Waals surface area contributed by atoms with E-state index in [1.165, 1.54) is 12.5 Å². The van der Waals surface area contributed by atoms with Crippen molar-refractivity contribution < 1.29 is 0 Å². The second-order valence-electron chi connectivity index (χ2n) is 2.15. The Kier molecular flexibility index (Phi) is 2.51. The molecule has 0 amide bonds. The molecule has 0 spiro atoms. The third-order valence-electron chi connectivity index (χ3n) is 1.33. The largest absolute Gasteiger partial charge is 0.371 e. The van der Waals surface area contributed by atoms with E-state index in [1.54, 1.807) is 0 Å². The molecule has 0 saturated heterocycles. The maximum absolute atomic E-state index is 3.97. The zero-order valence-corrected chi connectivity index (χ0v) is 7.16. The lowest BCUT2D eigenvalue weighted by Gasteiger charge is -1.95. The van der Waals surface area contributed by atoms with Gasteiger partial charge in [0.2, 0.25) is 0 Å². The van der Waals surface area contributed by atoms with Gasteiger partial charge in [-0.1, -0.05) is 13.3 Å². The predicted octanol–water partition coefficient (Wildman–Crippen LogP) is 0.643. The van der Waals surface area contributed by atoms with Crippen LogP contribution < -0.4 is 0 Å². The van der Waals surface area contributed by atoms with Crippen molar-refractivity contribution >= 4 is 9.68 Å². The molecule has 1 heterocycles. The SMILES string of the molecule is CCC[SiH2]n1ccnc1. The van der Waals surface area contributed by atoms with Crippen LogP contribution in [0.5, 0.6) is 0 Å². The summed E-state index contributed by atoms with van der Waals surface area (Å²) in [6.07, 6.45) is 7.14. The van der Waals surface area contributed by atoms with Crippen LogP contribution in [0, 0.1) is 0 Å². The third-order valence-corrected chi connectivity index (χ3v) is 3.24. The van der Waals surface area contributed by atoms with E-state index in [2.05, 4.69) is 22.3 Å². The number of rotatable bonds is 3. The predicted molar refractivity (Wildman–Crippen MR) is 41.3 cm³/mol. The van der Waals surface area contributed by atoms with Gasteiger partial charge in [-0.25, -0.2) is 4.98 Å². The zero-order valence-electron chi connectivity index (χ0n) is 5.75. The minimum atomic E-state index is -0.0150. The molecule has 1 aromatic rings. The topological polar surface area (TPSA) is 17.8 Å². The van der Waals surface area contributed by atoms with Crippen molar-refractivity contribution in [2.75, 3.05) is 0 Å². The molecule has 0 bridgehead atoms. The summed E-state index contributed by atoms with van der Waals surface area (Å²) in [5.74, 6) is 0. The number of aromatic nitrogens is 2. The van der Waals surface area contributed by atoms with E-state index in [0.717, 1.165) is 0 Å². The summed E-state index contributed by atoms with van der Waals surface area (Å²) in [6.45, 7) is 2.23. The molecule has 0 fully saturated rings. The van der Waals surface area contributed by atoms with Gasteiger partial charge < -0.3 is 4.23 Å². The molecule has 50 valence electrons. The molecule has 0 saturated carbocycles. The van der Waals surface area contributed by atoms with Crippen molar-refractivity contribution in [1.29, 1.82) is 0 Å². The Balaban J connectivity index is 2.30. The first-order valence-electron chi connectivity index (χ1n) is 3.39. The highest BCUT2D eigenvalue weighted by Crippen LogP contribution is 1.88. The quantitative estimate of drug-likeness (QED) is 0.563. The summed E-state index contributed by atoms with van der Waals surface area (Å²) in [5.41, 5.74) is 0. The maximum Gasteiger partial charge on any atom is 0.130 e. The monoisotopic (exact) mass is 140 g/mol. The fourth-order valence-corrected chi connectivity index (χ4v) is 1.89. The van der Waals surface area contributed by atoms with Crippen LogP contribution in [0.3, 0.4) is 0 Å². The second-order valence-corrected chi connectivity index (χ2v) is 4.04. The van der Waals surface area contributed by atoms with E-state index in [0.29, 0.717) is 0 Å². The molecule has 0 aliphatic rings. The summed E-state index contributed by atoms with van der Waals surface area (Å²) in [4.78, 5) is 3.97. The van der Waals surface area contributed by atoms with E-state index in [1.807, 2.05) is 12.5 Å². The van der Waals surface area contributed by atoms with Gasteiger partial charge in [-0.2, -0.15) is 0 Å². The van der Waals surface area contributed by atoms with Gasteiger partial charge in [0, 0.05) is 12.4 Å². The van der Waals surface area contributed by atoms with Crippen molar-refractivity contribution in [1.82, 2.24) is 9.22 Å². The Labute approximate surface area is 57.8 Å². The molecule has 0 atom stereocenters. The molecular formula is C6H12N2Si. The fourth-order valence-electron chi connectivity index (χ4n) is 0.760. The van der Waals surface area contributed by atoms with Crippen molar-refractivity contribution in [3.8, 4) is 0 Å². The average Bonchev–Trinajstić information content (AvgIpc) is 2.34. The van der Waals surface area contributed by atoms with E-state index in [-0.39, 0.29) is 9.68 Å². The zero-order chi connectivity index (χ0) is 6.53. The van der Waals surface area contributed by atoms with Gasteiger partial charge >= 0.3 is 0 Å². The lowest BCUT2D eigenvalue weighted by molar-refractivity contribution is 1.04. The van der Waals surface area contributed by atoms with Gasteiger partial charge in [0.1, 0.15) is 9.68 Å². The molecule has 1 rings (SSSR count). The van der Waals surface area contributed by atoms with Crippen molar-refractivity contribution in [3.05, 3.63) is 18.7 Å². The van der Waals surface area contributed by atoms with Crippen LogP contribution in [0.1, 0.15) is 13.3 Å². The minimum Gasteiger partial charge on any atom is -0.371 e. The first-order valence-corrected chi connectivity index (χ1v) is 5.02. The third kappa shape index (κ3) is 2.01. The average molecular weight is 140 g/mol. The molecule has 9 heavy (non-hydrogen) atoms. The van der Waals surface area contributed by atoms with Gasteiger partial charge in [0.25, 0.3) is 0 Å². The number of imidazole rings is 1. The summed E-state index contributed by atoms with van der Waals surface area (Å²) < 4.78 is 2.24. The Hall–Kier alpha value is -0.573. The van der Waals surface area contributed by atoms with Crippen molar-refractivity contribution in [2.24, 2.45) is 0 Å². The van der Waals surface area contributed by atoms with E-state index in [9.17, 15) is 0 Å². The van der Waals surface area contributed by atoms with Crippen LogP contribution in [-0.4, -0.2) is 18.9 Å². The lowest BCUT2D eigenvalue weighted by Crippen LogP contribution is -2.01. The van der Waals surface area contributed by atoms with Gasteiger partial charge in [0.15, 0.2) is 0 Å². The molecule has 3 heteroatoms. The molecule has 0 aliphatic carbocycles. The molecule has 0 unspecified atom stereocenters. The van der Waals surface area contributed by atoms with Crippen LogP contribution in [0.2, 0.25) is 6.04 Å². The second kappa shape index (κ2) is 3.45. The lowest BCUT2D eigenvalue weighted by atomic mass is 10.6. The summed E-state index contributed by atoms with van der Waals surface area (Å²) in [7, 11) is -0.0150. The van der Waals surface area contributed by atoms with Gasteiger partial charge in [-0.15, -0.1) is 0 Å². The fraction of sp³-hybridized carbons (Fsp3) is 0.500. The van der Waals surface area contributed by atoms with Crippen LogP contribution in [-0.2, 0) is 0 Å². The smallest absolute Gasteiger partial charge is 0.130 e. The highest BCUT2D eigenvalue weighted by molar-refractivity contribution is 6.33. The van der Waals surface area contributed by atoms with E-state index < -0.39 is 0 Å². The maximum atomic E-state index is 3.97. The molecule has 0 N–H and O–H groups in total. The van der Waals surface area contributed by atoms with Crippen LogP contribution in [0.25, 0.3) is 0 Å². The van der Waals surface area contributed by atoms with Crippen molar-refractivity contribution in [3.63, 3.8) is 0 Å². The number of hydrogen-bond donors (Lipinski definition) is 0. The van der Waals surface area contributed by atoms with Gasteiger partial charge in [-0.3, -0.25) is 0 Å². The highest BCUT2D eigenvalue weighted by Gasteiger charge is 1.86. The molecule has 2 nitrogen and oxygen atoms in total. The Morgan fingerprint density at radius 2 is 2.56 bits per heavy atom. The normalized spacial score (nSPS) is 11.2. The van der Waals surface area contributed by atoms with Crippen LogP contribution >= 0.6 is 0 Å². The first kappa shape index (κ1) is 6.55. The highest BCUT2D eigenvalue weighted by atomic mass is 28.2. The molecule has 0 aromatic carbocycles. The van der Waals surface area contributed by atoms with Crippen LogP contribution in [0.15, 0.2) is 18.7 Å². The Bertz CT molecular complexity index is 148. The minimum absolute atomic E-state index is 0.0150. The molecular weight excluding hydrogens is 128 g/mol. The number of hydrogen-bond acceptors (Lipinski definition) is 1. The van der Waals surface area contributed by atoms with Crippen molar-refractivity contribution in [2.45, 2.75) is 19.4 Å². The van der Waals surface area contributed by atoms with Gasteiger partial charge in [-0.05, 0) is 6.04 Å². The number of nitrogens with zero attached hydrogens (tertiary/aromatic N) is 2. The summed E-state index contributed by atoms with van der Waals surface area (Å²) in [5, 5.41) is 0. The molecule has 0 aliphatic heterocycles. The van der Waals surface area contributed by atoms with E-state index in [4.69, 9.17) is 0 Å². The summed E-state index contributed by atoms with van der Waals surface area (Å²) >= 11 is 0. The van der Waals surface area contributed by atoms with Crippen LogP contribution in [0.4, 0.5) is 0 Å². The standard InChI is InChI=1S/C6H12N2Si/c1-2-5-9-8-4-3-7-6-8/h3-4,6H,2,5,9H2,1H3. The molecule has 0 radical (unpaired) electrons. The van der Waals surface area contributed by atoms with E-state index >= 15 is 0 Å².